The van der Waals surface area contributed by atoms with Crippen LogP contribution in [0.2, 0.25) is 0 Å². The molecule has 0 saturated carbocycles. The van der Waals surface area contributed by atoms with Crippen molar-refractivity contribution in [3.63, 3.8) is 0 Å². The first kappa shape index (κ1) is 17.9. The summed E-state index contributed by atoms with van der Waals surface area (Å²) in [4.78, 5) is 9.55. The maximum Gasteiger partial charge on any atom is 0.0701 e. The van der Waals surface area contributed by atoms with Crippen molar-refractivity contribution in [2.75, 3.05) is 26.2 Å². The highest BCUT2D eigenvalue weighted by molar-refractivity contribution is 5.58. The molecule has 27 heavy (non-hydrogen) atoms. The molecule has 0 radical (unpaired) electrons. The van der Waals surface area contributed by atoms with Crippen LogP contribution in [0.15, 0.2) is 72.9 Å². The maximum absolute atomic E-state index is 4.43. The normalized spacial score (nSPS) is 15.7. The van der Waals surface area contributed by atoms with E-state index in [0.29, 0.717) is 0 Å². The Morgan fingerprint density at radius 2 is 1.44 bits per heavy atom. The number of pyridine rings is 1. The highest BCUT2D eigenvalue weighted by atomic mass is 15.3. The molecule has 2 aromatic carbocycles. The minimum atomic E-state index is 1.03. The summed E-state index contributed by atoms with van der Waals surface area (Å²) in [6.45, 7) is 8.80. The average molecular weight is 358 g/mol. The highest BCUT2D eigenvalue weighted by Crippen LogP contribution is 2.18. The van der Waals surface area contributed by atoms with E-state index >= 15 is 0 Å². The molecular weight excluding hydrogens is 330 g/mol. The van der Waals surface area contributed by atoms with Gasteiger partial charge >= 0.3 is 0 Å². The number of aromatic nitrogens is 1. The number of piperazine rings is 1. The van der Waals surface area contributed by atoms with E-state index in [2.05, 4.69) is 76.3 Å². The first-order chi connectivity index (χ1) is 13.3. The molecule has 0 spiro atoms. The molecular formula is C24H27N3. The van der Waals surface area contributed by atoms with E-state index < -0.39 is 0 Å². The fourth-order valence-electron chi connectivity index (χ4n) is 3.75. The van der Waals surface area contributed by atoms with E-state index in [-0.39, 0.29) is 0 Å². The molecule has 0 N–H and O–H groups in total. The lowest BCUT2D eigenvalue weighted by Crippen LogP contribution is -2.45. The van der Waals surface area contributed by atoms with Crippen molar-refractivity contribution in [1.82, 2.24) is 14.8 Å². The SMILES string of the molecule is Cc1cccc(CN2CCN(Cc3ccc(-c4ccccn4)cc3)CC2)c1. The zero-order valence-electron chi connectivity index (χ0n) is 16.0. The third kappa shape index (κ3) is 4.82. The van der Waals surface area contributed by atoms with E-state index in [1.807, 2.05) is 18.3 Å². The number of rotatable bonds is 5. The number of hydrogen-bond donors (Lipinski definition) is 0. The van der Waals surface area contributed by atoms with Gasteiger partial charge in [-0.05, 0) is 30.2 Å². The Kier molecular flexibility index (Phi) is 5.61. The van der Waals surface area contributed by atoms with Crippen LogP contribution < -0.4 is 0 Å². The fraction of sp³-hybridized carbons (Fsp3) is 0.292. The van der Waals surface area contributed by atoms with Crippen LogP contribution >= 0.6 is 0 Å². The van der Waals surface area contributed by atoms with Crippen molar-refractivity contribution in [2.45, 2.75) is 20.0 Å². The molecule has 1 aliphatic rings. The van der Waals surface area contributed by atoms with Gasteiger partial charge in [0.1, 0.15) is 0 Å². The first-order valence-electron chi connectivity index (χ1n) is 9.77. The number of hydrogen-bond acceptors (Lipinski definition) is 3. The zero-order valence-corrected chi connectivity index (χ0v) is 16.0. The summed E-state index contributed by atoms with van der Waals surface area (Å²) in [6, 6.07) is 23.8. The van der Waals surface area contributed by atoms with Crippen LogP contribution in [-0.2, 0) is 13.1 Å². The van der Waals surface area contributed by atoms with Crippen molar-refractivity contribution in [3.05, 3.63) is 89.6 Å². The van der Waals surface area contributed by atoms with Gasteiger partial charge in [-0.3, -0.25) is 14.8 Å². The zero-order chi connectivity index (χ0) is 18.5. The van der Waals surface area contributed by atoms with E-state index in [1.165, 1.54) is 22.3 Å². The van der Waals surface area contributed by atoms with Crippen molar-refractivity contribution in [1.29, 1.82) is 0 Å². The van der Waals surface area contributed by atoms with Gasteiger partial charge in [0.25, 0.3) is 0 Å². The maximum atomic E-state index is 4.43. The molecule has 2 heterocycles. The molecule has 0 unspecified atom stereocenters. The van der Waals surface area contributed by atoms with Gasteiger partial charge in [0.15, 0.2) is 0 Å². The van der Waals surface area contributed by atoms with E-state index in [4.69, 9.17) is 0 Å². The summed E-state index contributed by atoms with van der Waals surface area (Å²) in [7, 11) is 0. The summed E-state index contributed by atoms with van der Waals surface area (Å²) < 4.78 is 0. The predicted octanol–water partition coefficient (Wildman–Crippen LogP) is 4.37. The quantitative estimate of drug-likeness (QED) is 0.676. The fourth-order valence-corrected chi connectivity index (χ4v) is 3.75. The lowest BCUT2D eigenvalue weighted by atomic mass is 10.1. The molecule has 3 aromatic rings. The van der Waals surface area contributed by atoms with Crippen molar-refractivity contribution in [2.24, 2.45) is 0 Å². The van der Waals surface area contributed by atoms with E-state index in [1.54, 1.807) is 0 Å². The van der Waals surface area contributed by atoms with Gasteiger partial charge < -0.3 is 0 Å². The molecule has 1 fully saturated rings. The Balaban J connectivity index is 1.29. The molecule has 138 valence electrons. The molecule has 0 aliphatic carbocycles. The van der Waals surface area contributed by atoms with E-state index in [0.717, 1.165) is 45.0 Å². The number of benzene rings is 2. The Bertz CT molecular complexity index is 850. The molecule has 1 saturated heterocycles. The Morgan fingerprint density at radius 3 is 2.07 bits per heavy atom. The number of nitrogens with zero attached hydrogens (tertiary/aromatic N) is 3. The Labute approximate surface area is 162 Å². The standard InChI is InChI=1S/C24H27N3/c1-20-5-4-6-22(17-20)19-27-15-13-26(14-16-27)18-21-8-10-23(11-9-21)24-7-2-3-12-25-24/h2-12,17H,13-16,18-19H2,1H3. The highest BCUT2D eigenvalue weighted by Gasteiger charge is 2.17. The third-order valence-corrected chi connectivity index (χ3v) is 5.27. The van der Waals surface area contributed by atoms with Crippen molar-refractivity contribution < 1.29 is 0 Å². The summed E-state index contributed by atoms with van der Waals surface area (Å²) >= 11 is 0. The van der Waals surface area contributed by atoms with Gasteiger partial charge in [-0.1, -0.05) is 60.2 Å². The summed E-state index contributed by atoms with van der Waals surface area (Å²) in [6.07, 6.45) is 1.85. The van der Waals surface area contributed by atoms with Gasteiger partial charge in [-0.2, -0.15) is 0 Å². The smallest absolute Gasteiger partial charge is 0.0701 e. The average Bonchev–Trinajstić information content (AvgIpc) is 2.71. The van der Waals surface area contributed by atoms with Crippen LogP contribution in [0.5, 0.6) is 0 Å². The molecule has 4 rings (SSSR count). The Hall–Kier alpha value is -2.49. The molecule has 3 heteroatoms. The van der Waals surface area contributed by atoms with Crippen LogP contribution in [0.3, 0.4) is 0 Å². The molecule has 1 aromatic heterocycles. The molecule has 0 atom stereocenters. The van der Waals surface area contributed by atoms with Crippen LogP contribution in [0.4, 0.5) is 0 Å². The number of aryl methyl sites for hydroxylation is 1. The minimum Gasteiger partial charge on any atom is -0.297 e. The van der Waals surface area contributed by atoms with Gasteiger partial charge in [-0.15, -0.1) is 0 Å². The van der Waals surface area contributed by atoms with Gasteiger partial charge in [0.05, 0.1) is 5.69 Å². The van der Waals surface area contributed by atoms with Crippen LogP contribution in [-0.4, -0.2) is 41.0 Å². The lowest BCUT2D eigenvalue weighted by molar-refractivity contribution is 0.122. The third-order valence-electron chi connectivity index (χ3n) is 5.27. The lowest BCUT2D eigenvalue weighted by Gasteiger charge is -2.34. The van der Waals surface area contributed by atoms with Gasteiger partial charge in [-0.25, -0.2) is 0 Å². The van der Waals surface area contributed by atoms with E-state index in [9.17, 15) is 0 Å². The van der Waals surface area contributed by atoms with Crippen molar-refractivity contribution in [3.8, 4) is 11.3 Å². The second kappa shape index (κ2) is 8.47. The summed E-state index contributed by atoms with van der Waals surface area (Å²) in [5, 5.41) is 0. The monoisotopic (exact) mass is 357 g/mol. The van der Waals surface area contributed by atoms with Crippen LogP contribution in [0, 0.1) is 6.92 Å². The van der Waals surface area contributed by atoms with Gasteiger partial charge in [0, 0.05) is 51.0 Å². The first-order valence-corrected chi connectivity index (χ1v) is 9.77. The second-order valence-corrected chi connectivity index (χ2v) is 7.45. The molecule has 0 bridgehead atoms. The van der Waals surface area contributed by atoms with Crippen LogP contribution in [0.25, 0.3) is 11.3 Å². The second-order valence-electron chi connectivity index (χ2n) is 7.45. The minimum absolute atomic E-state index is 1.03. The largest absolute Gasteiger partial charge is 0.297 e. The molecule has 1 aliphatic heterocycles. The molecule has 3 nitrogen and oxygen atoms in total. The molecule has 0 amide bonds. The summed E-state index contributed by atoms with van der Waals surface area (Å²) in [5.74, 6) is 0. The Morgan fingerprint density at radius 1 is 0.741 bits per heavy atom. The van der Waals surface area contributed by atoms with Crippen LogP contribution in [0.1, 0.15) is 16.7 Å². The summed E-state index contributed by atoms with van der Waals surface area (Å²) in [5.41, 5.74) is 6.37. The predicted molar refractivity (Wildman–Crippen MR) is 111 cm³/mol. The van der Waals surface area contributed by atoms with Crippen molar-refractivity contribution >= 4 is 0 Å². The van der Waals surface area contributed by atoms with Gasteiger partial charge in [0.2, 0.25) is 0 Å². The topological polar surface area (TPSA) is 19.4 Å².